The third-order valence-corrected chi connectivity index (χ3v) is 2.89. The van der Waals surface area contributed by atoms with Gasteiger partial charge in [0.15, 0.2) is 0 Å². The van der Waals surface area contributed by atoms with Gasteiger partial charge in [0, 0.05) is 18.0 Å². The van der Waals surface area contributed by atoms with Gasteiger partial charge in [-0.1, -0.05) is 0 Å². The van der Waals surface area contributed by atoms with Crippen LogP contribution in [0.1, 0.15) is 6.92 Å². The molecule has 2 heterocycles. The molecular formula is C12H17ClN4O. The summed E-state index contributed by atoms with van der Waals surface area (Å²) in [6, 6.07) is 4.10. The average Bonchev–Trinajstić information content (AvgIpc) is 2.72. The van der Waals surface area contributed by atoms with Crippen molar-refractivity contribution >= 4 is 29.0 Å². The summed E-state index contributed by atoms with van der Waals surface area (Å²) in [4.78, 5) is 0. The minimum atomic E-state index is 0. The van der Waals surface area contributed by atoms with E-state index in [1.807, 2.05) is 29.9 Å². The number of rotatable bonds is 2. The molecule has 0 saturated carbocycles. The van der Waals surface area contributed by atoms with Crippen molar-refractivity contribution in [3.05, 3.63) is 18.3 Å². The largest absolute Gasteiger partial charge is 0.490 e. The van der Waals surface area contributed by atoms with Crippen molar-refractivity contribution in [1.29, 1.82) is 0 Å². The van der Waals surface area contributed by atoms with Gasteiger partial charge in [0.2, 0.25) is 0 Å². The van der Waals surface area contributed by atoms with Gasteiger partial charge in [-0.3, -0.25) is 4.68 Å². The molecule has 0 fully saturated rings. The SMILES string of the molecule is C[C@H](N)Cn1ncc2ccc3c(c21)NCCO3.Cl. The Balaban J connectivity index is 0.00000120. The van der Waals surface area contributed by atoms with E-state index in [0.717, 1.165) is 28.9 Å². The number of fused-ring (bicyclic) bond motifs is 3. The van der Waals surface area contributed by atoms with E-state index < -0.39 is 0 Å². The summed E-state index contributed by atoms with van der Waals surface area (Å²) in [6.45, 7) is 4.23. The molecular weight excluding hydrogens is 252 g/mol. The van der Waals surface area contributed by atoms with Crippen LogP contribution in [0.2, 0.25) is 0 Å². The summed E-state index contributed by atoms with van der Waals surface area (Å²) in [5, 5.41) is 8.88. The first-order chi connectivity index (χ1) is 8.25. The Morgan fingerprint density at radius 1 is 1.56 bits per heavy atom. The van der Waals surface area contributed by atoms with E-state index in [1.165, 1.54) is 0 Å². The summed E-state index contributed by atoms with van der Waals surface area (Å²) >= 11 is 0. The highest BCUT2D eigenvalue weighted by molar-refractivity contribution is 5.94. The molecule has 2 aromatic rings. The molecule has 0 aliphatic carbocycles. The zero-order valence-corrected chi connectivity index (χ0v) is 11.0. The summed E-state index contributed by atoms with van der Waals surface area (Å²) in [7, 11) is 0. The number of hydrogen-bond acceptors (Lipinski definition) is 4. The summed E-state index contributed by atoms with van der Waals surface area (Å²) in [5.41, 5.74) is 7.96. The Morgan fingerprint density at radius 3 is 3.17 bits per heavy atom. The first kappa shape index (κ1) is 13.0. The van der Waals surface area contributed by atoms with Crippen LogP contribution >= 0.6 is 12.4 Å². The molecule has 0 unspecified atom stereocenters. The fourth-order valence-corrected chi connectivity index (χ4v) is 2.20. The number of aromatic nitrogens is 2. The number of nitrogens with one attached hydrogen (secondary N) is 1. The Labute approximate surface area is 112 Å². The highest BCUT2D eigenvalue weighted by atomic mass is 35.5. The van der Waals surface area contributed by atoms with Crippen LogP contribution < -0.4 is 15.8 Å². The van der Waals surface area contributed by atoms with Gasteiger partial charge in [0.05, 0.1) is 18.3 Å². The zero-order valence-electron chi connectivity index (χ0n) is 10.2. The number of halogens is 1. The van der Waals surface area contributed by atoms with Crippen LogP contribution in [-0.4, -0.2) is 29.0 Å². The number of ether oxygens (including phenoxy) is 1. The molecule has 0 bridgehead atoms. The summed E-state index contributed by atoms with van der Waals surface area (Å²) in [5.74, 6) is 0.898. The molecule has 3 N–H and O–H groups in total. The molecule has 3 rings (SSSR count). The Kier molecular flexibility index (Phi) is 3.63. The molecule has 1 aromatic carbocycles. The van der Waals surface area contributed by atoms with E-state index in [1.54, 1.807) is 0 Å². The maximum absolute atomic E-state index is 5.84. The average molecular weight is 269 g/mol. The second-order valence-electron chi connectivity index (χ2n) is 4.46. The second kappa shape index (κ2) is 5.04. The first-order valence-corrected chi connectivity index (χ1v) is 5.86. The van der Waals surface area contributed by atoms with E-state index in [-0.39, 0.29) is 18.4 Å². The first-order valence-electron chi connectivity index (χ1n) is 5.86. The maximum atomic E-state index is 5.84. The van der Waals surface area contributed by atoms with E-state index in [2.05, 4.69) is 10.4 Å². The Hall–Kier alpha value is -1.46. The predicted molar refractivity (Wildman–Crippen MR) is 74.6 cm³/mol. The zero-order chi connectivity index (χ0) is 11.8. The molecule has 18 heavy (non-hydrogen) atoms. The van der Waals surface area contributed by atoms with Gasteiger partial charge < -0.3 is 15.8 Å². The minimum absolute atomic E-state index is 0. The minimum Gasteiger partial charge on any atom is -0.490 e. The summed E-state index contributed by atoms with van der Waals surface area (Å²) < 4.78 is 7.57. The van der Waals surface area contributed by atoms with Gasteiger partial charge in [-0.25, -0.2) is 0 Å². The van der Waals surface area contributed by atoms with Crippen molar-refractivity contribution in [3.63, 3.8) is 0 Å². The lowest BCUT2D eigenvalue weighted by Crippen LogP contribution is -2.24. The van der Waals surface area contributed by atoms with Gasteiger partial charge in [-0.2, -0.15) is 5.10 Å². The third kappa shape index (κ3) is 2.11. The molecule has 0 saturated heterocycles. The van der Waals surface area contributed by atoms with Crippen LogP contribution in [-0.2, 0) is 6.54 Å². The maximum Gasteiger partial charge on any atom is 0.144 e. The molecule has 1 aliphatic heterocycles. The lowest BCUT2D eigenvalue weighted by molar-refractivity contribution is 0.323. The highest BCUT2D eigenvalue weighted by Gasteiger charge is 2.16. The van der Waals surface area contributed by atoms with Crippen molar-refractivity contribution in [1.82, 2.24) is 9.78 Å². The molecule has 98 valence electrons. The van der Waals surface area contributed by atoms with E-state index >= 15 is 0 Å². The van der Waals surface area contributed by atoms with Crippen LogP contribution in [0.3, 0.4) is 0 Å². The van der Waals surface area contributed by atoms with Gasteiger partial charge in [-0.05, 0) is 19.1 Å². The predicted octanol–water partition coefficient (Wildman–Crippen LogP) is 1.61. The van der Waals surface area contributed by atoms with Crippen LogP contribution in [0.25, 0.3) is 10.9 Å². The highest BCUT2D eigenvalue weighted by Crippen LogP contribution is 2.34. The third-order valence-electron chi connectivity index (χ3n) is 2.89. The van der Waals surface area contributed by atoms with Crippen LogP contribution in [0.4, 0.5) is 5.69 Å². The number of benzene rings is 1. The molecule has 1 aromatic heterocycles. The van der Waals surface area contributed by atoms with Crippen molar-refractivity contribution in [3.8, 4) is 5.75 Å². The van der Waals surface area contributed by atoms with Crippen LogP contribution in [0.15, 0.2) is 18.3 Å². The van der Waals surface area contributed by atoms with E-state index in [0.29, 0.717) is 13.2 Å². The van der Waals surface area contributed by atoms with Gasteiger partial charge in [0.25, 0.3) is 0 Å². The monoisotopic (exact) mass is 268 g/mol. The molecule has 0 amide bonds. The van der Waals surface area contributed by atoms with Gasteiger partial charge >= 0.3 is 0 Å². The second-order valence-corrected chi connectivity index (χ2v) is 4.46. The van der Waals surface area contributed by atoms with Crippen molar-refractivity contribution < 1.29 is 4.74 Å². The Morgan fingerprint density at radius 2 is 2.39 bits per heavy atom. The van der Waals surface area contributed by atoms with E-state index in [9.17, 15) is 0 Å². The molecule has 1 atom stereocenters. The van der Waals surface area contributed by atoms with Crippen LogP contribution in [0, 0.1) is 0 Å². The lowest BCUT2D eigenvalue weighted by atomic mass is 10.2. The molecule has 5 nitrogen and oxygen atoms in total. The van der Waals surface area contributed by atoms with Gasteiger partial charge in [0.1, 0.15) is 18.0 Å². The molecule has 0 radical (unpaired) electrons. The normalized spacial score (nSPS) is 15.2. The molecule has 0 spiro atoms. The van der Waals surface area contributed by atoms with Crippen molar-refractivity contribution in [2.24, 2.45) is 5.73 Å². The topological polar surface area (TPSA) is 65.1 Å². The number of hydrogen-bond donors (Lipinski definition) is 2. The van der Waals surface area contributed by atoms with Crippen molar-refractivity contribution in [2.75, 3.05) is 18.5 Å². The van der Waals surface area contributed by atoms with E-state index in [4.69, 9.17) is 10.5 Å². The molecule has 1 aliphatic rings. The standard InChI is InChI=1S/C12H16N4O.ClH/c1-8(13)7-16-12-9(6-15-16)2-3-10-11(12)14-4-5-17-10;/h2-3,6,8,14H,4-5,7,13H2,1H3;1H/t8-;/m0./s1. The fourth-order valence-electron chi connectivity index (χ4n) is 2.20. The smallest absolute Gasteiger partial charge is 0.144 e. The number of nitrogens with zero attached hydrogens (tertiary/aromatic N) is 2. The number of anilines is 1. The fraction of sp³-hybridized carbons (Fsp3) is 0.417. The van der Waals surface area contributed by atoms with Gasteiger partial charge in [-0.15, -0.1) is 12.4 Å². The van der Waals surface area contributed by atoms with Crippen molar-refractivity contribution in [2.45, 2.75) is 19.5 Å². The lowest BCUT2D eigenvalue weighted by Gasteiger charge is -2.20. The quantitative estimate of drug-likeness (QED) is 0.869. The molecule has 6 heteroatoms. The Bertz CT molecular complexity index is 552. The number of nitrogens with two attached hydrogens (primary N) is 1. The summed E-state index contributed by atoms with van der Waals surface area (Å²) in [6.07, 6.45) is 1.87. The van der Waals surface area contributed by atoms with Crippen LogP contribution in [0.5, 0.6) is 5.75 Å².